The first kappa shape index (κ1) is 28.7. The van der Waals surface area contributed by atoms with Crippen LogP contribution < -0.4 is 20.3 Å². The summed E-state index contributed by atoms with van der Waals surface area (Å²) in [6.07, 6.45) is 11.6. The maximum Gasteiger partial charge on any atom is 0.257 e. The Balaban J connectivity index is 0.985. The third-order valence-corrected chi connectivity index (χ3v) is 8.68. The minimum atomic E-state index is -0.152. The lowest BCUT2D eigenvalue weighted by atomic mass is 10.0. The molecule has 1 amide bonds. The second kappa shape index (κ2) is 12.6. The standard InChI is InChI=1S/C37H33N7O3/c45-37-31-7-2-26(32-24-44(23-27-21-39-12-13-40-27)36-22-38-11-9-30(32)36)20-34(31)41-33-8-1-25(19-35(33)42-37)10-16-47-29-5-3-28(4-6-29)43-14-17-46-18-15-43/h1-9,11-13,19-22,24,41H,10,14-18,23H2,(H,42,45). The number of morpholine rings is 1. The van der Waals surface area contributed by atoms with Crippen LogP contribution in [-0.2, 0) is 17.7 Å². The van der Waals surface area contributed by atoms with Crippen LogP contribution in [0.15, 0.2) is 104 Å². The van der Waals surface area contributed by atoms with Gasteiger partial charge in [-0.1, -0.05) is 12.1 Å². The van der Waals surface area contributed by atoms with Gasteiger partial charge >= 0.3 is 0 Å². The summed E-state index contributed by atoms with van der Waals surface area (Å²) in [5, 5.41) is 7.69. The fourth-order valence-corrected chi connectivity index (χ4v) is 6.25. The Morgan fingerprint density at radius 1 is 0.809 bits per heavy atom. The van der Waals surface area contributed by atoms with E-state index in [1.165, 1.54) is 5.69 Å². The lowest BCUT2D eigenvalue weighted by Gasteiger charge is -2.28. The molecular formula is C37H33N7O3. The molecule has 10 heteroatoms. The number of hydrogen-bond donors (Lipinski definition) is 2. The third kappa shape index (κ3) is 5.98. The van der Waals surface area contributed by atoms with Crippen LogP contribution in [0.4, 0.5) is 22.7 Å². The number of fused-ring (bicyclic) bond motifs is 3. The van der Waals surface area contributed by atoms with Gasteiger partial charge in [0.25, 0.3) is 5.91 Å². The van der Waals surface area contributed by atoms with Crippen molar-refractivity contribution in [2.24, 2.45) is 0 Å². The number of benzene rings is 3. The number of hydrogen-bond acceptors (Lipinski definition) is 8. The van der Waals surface area contributed by atoms with Gasteiger partial charge in [-0.15, -0.1) is 0 Å². The van der Waals surface area contributed by atoms with E-state index in [4.69, 9.17) is 9.47 Å². The number of anilines is 4. The zero-order valence-electron chi connectivity index (χ0n) is 25.7. The summed E-state index contributed by atoms with van der Waals surface area (Å²) >= 11 is 0. The molecule has 1 saturated heterocycles. The van der Waals surface area contributed by atoms with Crippen molar-refractivity contribution in [1.29, 1.82) is 0 Å². The normalized spacial score (nSPS) is 14.1. The minimum absolute atomic E-state index is 0.152. The Hall–Kier alpha value is -5.74. The molecule has 6 aromatic rings. The number of nitrogens with zero attached hydrogens (tertiary/aromatic N) is 5. The average Bonchev–Trinajstić information content (AvgIpc) is 3.41. The van der Waals surface area contributed by atoms with Gasteiger partial charge in [0.1, 0.15) is 5.75 Å². The van der Waals surface area contributed by atoms with Crippen molar-refractivity contribution in [3.63, 3.8) is 0 Å². The van der Waals surface area contributed by atoms with Gasteiger partial charge in [0.2, 0.25) is 0 Å². The fraction of sp³-hybridized carbons (Fsp3) is 0.189. The largest absolute Gasteiger partial charge is 0.493 e. The Morgan fingerprint density at radius 2 is 1.68 bits per heavy atom. The summed E-state index contributed by atoms with van der Waals surface area (Å²) in [4.78, 5) is 28.7. The first-order chi connectivity index (χ1) is 23.2. The Kier molecular flexibility index (Phi) is 7.68. The van der Waals surface area contributed by atoms with Gasteiger partial charge in [0.05, 0.1) is 72.6 Å². The van der Waals surface area contributed by atoms with Crippen LogP contribution in [0.5, 0.6) is 5.75 Å². The van der Waals surface area contributed by atoms with Gasteiger partial charge in [-0.05, 0) is 65.7 Å². The predicted octanol–water partition coefficient (Wildman–Crippen LogP) is 6.31. The molecule has 1 fully saturated rings. The second-order valence-electron chi connectivity index (χ2n) is 11.7. The molecule has 0 bridgehead atoms. The highest BCUT2D eigenvalue weighted by Crippen LogP contribution is 2.37. The van der Waals surface area contributed by atoms with Crippen LogP contribution in [0.3, 0.4) is 0 Å². The molecule has 2 aliphatic rings. The van der Waals surface area contributed by atoms with Crippen molar-refractivity contribution in [3.05, 3.63) is 121 Å². The summed E-state index contributed by atoms with van der Waals surface area (Å²) in [5.74, 6) is 0.687. The molecule has 3 aromatic heterocycles. The first-order valence-corrected chi connectivity index (χ1v) is 15.8. The maximum absolute atomic E-state index is 13.4. The Bertz CT molecular complexity index is 2060. The molecule has 5 heterocycles. The molecule has 0 saturated carbocycles. The number of amides is 1. The summed E-state index contributed by atoms with van der Waals surface area (Å²) in [7, 11) is 0. The van der Waals surface area contributed by atoms with E-state index in [2.05, 4.69) is 59.4 Å². The van der Waals surface area contributed by atoms with E-state index in [1.54, 1.807) is 24.8 Å². The van der Waals surface area contributed by atoms with Crippen molar-refractivity contribution in [2.75, 3.05) is 48.4 Å². The highest BCUT2D eigenvalue weighted by Gasteiger charge is 2.21. The van der Waals surface area contributed by atoms with Crippen LogP contribution in [0.1, 0.15) is 21.6 Å². The predicted molar refractivity (Wildman–Crippen MR) is 183 cm³/mol. The fourth-order valence-electron chi connectivity index (χ4n) is 6.25. The smallest absolute Gasteiger partial charge is 0.257 e. The molecule has 0 atom stereocenters. The van der Waals surface area contributed by atoms with E-state index < -0.39 is 0 Å². The van der Waals surface area contributed by atoms with Gasteiger partial charge in [-0.25, -0.2) is 0 Å². The number of nitrogens with one attached hydrogen (secondary N) is 2. The number of rotatable bonds is 8. The van der Waals surface area contributed by atoms with Gasteiger partial charge in [-0.3, -0.25) is 19.7 Å². The monoisotopic (exact) mass is 623 g/mol. The molecule has 234 valence electrons. The van der Waals surface area contributed by atoms with Crippen LogP contribution in [-0.4, -0.2) is 58.3 Å². The van der Waals surface area contributed by atoms with Gasteiger partial charge in [0.15, 0.2) is 0 Å². The molecule has 8 rings (SSSR count). The third-order valence-electron chi connectivity index (χ3n) is 8.68. The lowest BCUT2D eigenvalue weighted by Crippen LogP contribution is -2.36. The Labute approximate surface area is 272 Å². The van der Waals surface area contributed by atoms with Crippen molar-refractivity contribution in [2.45, 2.75) is 13.0 Å². The summed E-state index contributed by atoms with van der Waals surface area (Å²) in [5.41, 5.74) is 9.08. The minimum Gasteiger partial charge on any atom is -0.493 e. The number of carbonyl (C=O) groups is 1. The van der Waals surface area contributed by atoms with E-state index in [1.807, 2.05) is 54.7 Å². The molecule has 10 nitrogen and oxygen atoms in total. The molecule has 2 N–H and O–H groups in total. The van der Waals surface area contributed by atoms with E-state index in [0.29, 0.717) is 25.1 Å². The van der Waals surface area contributed by atoms with E-state index >= 15 is 0 Å². The lowest BCUT2D eigenvalue weighted by molar-refractivity contribution is 0.102. The van der Waals surface area contributed by atoms with Gasteiger partial charge < -0.3 is 29.6 Å². The summed E-state index contributed by atoms with van der Waals surface area (Å²) < 4.78 is 13.6. The molecule has 0 spiro atoms. The molecule has 0 radical (unpaired) electrons. The van der Waals surface area contributed by atoms with Gasteiger partial charge in [-0.2, -0.15) is 0 Å². The van der Waals surface area contributed by atoms with E-state index in [-0.39, 0.29) is 5.91 Å². The van der Waals surface area contributed by atoms with Gasteiger partial charge in [0, 0.05) is 60.9 Å². The first-order valence-electron chi connectivity index (χ1n) is 15.8. The van der Waals surface area contributed by atoms with E-state index in [0.717, 1.165) is 82.4 Å². The van der Waals surface area contributed by atoms with Crippen molar-refractivity contribution >= 4 is 39.6 Å². The topological polar surface area (TPSA) is 106 Å². The maximum atomic E-state index is 13.4. The van der Waals surface area contributed by atoms with Crippen LogP contribution in [0.2, 0.25) is 0 Å². The van der Waals surface area contributed by atoms with Crippen LogP contribution >= 0.6 is 0 Å². The molecule has 3 aromatic carbocycles. The van der Waals surface area contributed by atoms with Crippen LogP contribution in [0, 0.1) is 0 Å². The number of ether oxygens (including phenoxy) is 2. The zero-order chi connectivity index (χ0) is 31.6. The molecule has 0 unspecified atom stereocenters. The van der Waals surface area contributed by atoms with Crippen LogP contribution in [0.25, 0.3) is 22.0 Å². The SMILES string of the molecule is O=C1Nc2cc(CCOc3ccc(N4CCOCC4)cc3)ccc2Nc2cc(-c3cn(Cc4cnccn4)c4cnccc34)ccc21. The quantitative estimate of drug-likeness (QED) is 0.203. The van der Waals surface area contributed by atoms with E-state index in [9.17, 15) is 4.79 Å². The number of carbonyl (C=O) groups excluding carboxylic acids is 1. The van der Waals surface area contributed by atoms with Crippen molar-refractivity contribution < 1.29 is 14.3 Å². The Morgan fingerprint density at radius 3 is 2.53 bits per heavy atom. The van der Waals surface area contributed by atoms with Crippen molar-refractivity contribution in [1.82, 2.24) is 19.5 Å². The average molecular weight is 624 g/mol. The zero-order valence-corrected chi connectivity index (χ0v) is 25.7. The highest BCUT2D eigenvalue weighted by atomic mass is 16.5. The number of pyridine rings is 1. The summed E-state index contributed by atoms with van der Waals surface area (Å²) in [6, 6.07) is 22.3. The highest BCUT2D eigenvalue weighted by molar-refractivity contribution is 6.13. The molecule has 0 aliphatic carbocycles. The second-order valence-corrected chi connectivity index (χ2v) is 11.7. The number of aromatic nitrogens is 4. The van der Waals surface area contributed by atoms with Crippen molar-refractivity contribution in [3.8, 4) is 16.9 Å². The summed E-state index contributed by atoms with van der Waals surface area (Å²) in [6.45, 7) is 4.44. The molecule has 47 heavy (non-hydrogen) atoms. The molecule has 2 aliphatic heterocycles. The molecular weight excluding hydrogens is 590 g/mol.